The van der Waals surface area contributed by atoms with Crippen molar-refractivity contribution < 1.29 is 14.3 Å². The van der Waals surface area contributed by atoms with Gasteiger partial charge in [-0.2, -0.15) is 0 Å². The Morgan fingerprint density at radius 3 is 2.67 bits per heavy atom. The smallest absolute Gasteiger partial charge is 0.228 e. The highest BCUT2D eigenvalue weighted by Crippen LogP contribution is 2.50. The van der Waals surface area contributed by atoms with E-state index in [4.69, 9.17) is 30.9 Å². The highest BCUT2D eigenvalue weighted by molar-refractivity contribution is 6.33. The first-order chi connectivity index (χ1) is 19.7. The number of aromatic nitrogens is 4. The Kier molecular flexibility index (Phi) is 6.02. The van der Waals surface area contributed by atoms with Crippen molar-refractivity contribution in [3.8, 4) is 17.4 Å². The number of fused-ring (bicyclic) bond motifs is 6. The maximum absolute atomic E-state index is 6.48. The molecule has 1 atom stereocenters. The molecule has 1 aliphatic rings. The molecule has 2 aromatic heterocycles. The van der Waals surface area contributed by atoms with Gasteiger partial charge in [0.15, 0.2) is 18.1 Å². The zero-order chi connectivity index (χ0) is 27.1. The van der Waals surface area contributed by atoms with Gasteiger partial charge in [0, 0.05) is 27.5 Å². The molecule has 0 fully saturated rings. The van der Waals surface area contributed by atoms with Crippen LogP contribution in [0.5, 0.6) is 17.4 Å². The lowest BCUT2D eigenvalue weighted by Crippen LogP contribution is -2.15. The van der Waals surface area contributed by atoms with Gasteiger partial charge < -0.3 is 14.3 Å². The van der Waals surface area contributed by atoms with Crippen LogP contribution in [0.2, 0.25) is 5.02 Å². The molecule has 0 bridgehead atoms. The van der Waals surface area contributed by atoms with E-state index in [0.29, 0.717) is 22.4 Å². The Labute approximate surface area is 234 Å². The summed E-state index contributed by atoms with van der Waals surface area (Å²) in [6, 6.07) is 27.8. The first-order valence-corrected chi connectivity index (χ1v) is 13.0. The third-order valence-corrected chi connectivity index (χ3v) is 7.30. The van der Waals surface area contributed by atoms with Crippen molar-refractivity contribution in [1.82, 2.24) is 19.6 Å². The average molecular weight is 548 g/mol. The van der Waals surface area contributed by atoms with Crippen molar-refractivity contribution in [2.75, 3.05) is 7.11 Å². The van der Waals surface area contributed by atoms with Crippen LogP contribution in [-0.4, -0.2) is 32.9 Å². The van der Waals surface area contributed by atoms with Gasteiger partial charge in [0.25, 0.3) is 0 Å². The first kappa shape index (κ1) is 24.1. The van der Waals surface area contributed by atoms with E-state index in [1.165, 1.54) is 0 Å². The monoisotopic (exact) mass is 547 g/mol. The second-order valence-corrected chi connectivity index (χ2v) is 9.71. The van der Waals surface area contributed by atoms with Gasteiger partial charge in [-0.25, -0.2) is 14.5 Å². The Balaban J connectivity index is 1.30. The summed E-state index contributed by atoms with van der Waals surface area (Å²) in [7, 11) is 1.66. The van der Waals surface area contributed by atoms with Crippen molar-refractivity contribution in [3.05, 3.63) is 124 Å². The molecule has 196 valence electrons. The lowest BCUT2D eigenvalue weighted by Gasteiger charge is -2.28. The van der Waals surface area contributed by atoms with Crippen molar-refractivity contribution >= 4 is 34.2 Å². The fraction of sp³-hybridized carbons (Fsp3) is 0.0968. The van der Waals surface area contributed by atoms with Crippen LogP contribution >= 0.6 is 11.6 Å². The molecule has 7 rings (SSSR count). The van der Waals surface area contributed by atoms with Gasteiger partial charge in [0.1, 0.15) is 17.8 Å². The molecule has 3 heterocycles. The van der Waals surface area contributed by atoms with Crippen LogP contribution in [-0.2, 0) is 11.4 Å². The van der Waals surface area contributed by atoms with Gasteiger partial charge in [-0.3, -0.25) is 0 Å². The predicted molar refractivity (Wildman–Crippen MR) is 153 cm³/mol. The van der Waals surface area contributed by atoms with Gasteiger partial charge in [0.05, 0.1) is 18.9 Å². The molecular formula is C31H22ClN5O3. The van der Waals surface area contributed by atoms with E-state index in [9.17, 15) is 0 Å². The molecule has 0 spiro atoms. The molecule has 0 N–H and O–H groups in total. The molecule has 4 aromatic carbocycles. The number of hydrogen-bond acceptors (Lipinski definition) is 7. The highest BCUT2D eigenvalue weighted by atomic mass is 35.5. The molecule has 0 aliphatic carbocycles. The maximum atomic E-state index is 6.48. The zero-order valence-corrected chi connectivity index (χ0v) is 22.1. The van der Waals surface area contributed by atoms with Gasteiger partial charge in [-0.05, 0) is 29.1 Å². The second-order valence-electron chi connectivity index (χ2n) is 9.30. The van der Waals surface area contributed by atoms with Gasteiger partial charge in [-0.1, -0.05) is 83.5 Å². The van der Waals surface area contributed by atoms with Crippen LogP contribution in [0.4, 0.5) is 0 Å². The standard InChI is InChI=1S/C31H22ClN5O3/c1-38-22-13-10-20(11-14-22)27-24-15-12-19-6-2-4-8-23(19)29(24)40-31-28(27)30-35-26(36-37(30)18-33-31)17-39-34-16-21-7-3-5-9-25(21)32/h2-16,18,27H,17H2,1H3/b34-16-/t27-/m1/s1. The molecule has 0 unspecified atom stereocenters. The lowest BCUT2D eigenvalue weighted by atomic mass is 9.83. The quantitative estimate of drug-likeness (QED) is 0.169. The first-order valence-electron chi connectivity index (χ1n) is 12.7. The van der Waals surface area contributed by atoms with E-state index in [1.807, 2.05) is 42.5 Å². The van der Waals surface area contributed by atoms with Crippen molar-refractivity contribution in [2.45, 2.75) is 12.5 Å². The van der Waals surface area contributed by atoms with Gasteiger partial charge in [0.2, 0.25) is 5.88 Å². The number of benzene rings is 4. The Morgan fingerprint density at radius 1 is 1.00 bits per heavy atom. The third kappa shape index (κ3) is 4.19. The number of nitrogens with zero attached hydrogens (tertiary/aromatic N) is 5. The van der Waals surface area contributed by atoms with Crippen LogP contribution in [0.1, 0.15) is 34.0 Å². The van der Waals surface area contributed by atoms with E-state index >= 15 is 0 Å². The van der Waals surface area contributed by atoms with Crippen LogP contribution < -0.4 is 9.47 Å². The summed E-state index contributed by atoms with van der Waals surface area (Å²) in [6.45, 7) is 0.0761. The van der Waals surface area contributed by atoms with E-state index < -0.39 is 0 Å². The normalized spacial score (nSPS) is 14.2. The molecule has 0 saturated heterocycles. The third-order valence-electron chi connectivity index (χ3n) is 6.95. The summed E-state index contributed by atoms with van der Waals surface area (Å²) >= 11 is 6.19. The fourth-order valence-electron chi connectivity index (χ4n) is 5.06. The topological polar surface area (TPSA) is 83.1 Å². The Bertz CT molecular complexity index is 1900. The summed E-state index contributed by atoms with van der Waals surface area (Å²) in [5.41, 5.74) is 4.31. The molecule has 0 saturated carbocycles. The van der Waals surface area contributed by atoms with Crippen LogP contribution in [0, 0.1) is 0 Å². The Hall–Kier alpha value is -4.95. The molecule has 9 heteroatoms. The van der Waals surface area contributed by atoms with Crippen LogP contribution in [0.25, 0.3) is 16.4 Å². The summed E-state index contributed by atoms with van der Waals surface area (Å²) in [5.74, 6) is 2.34. The van der Waals surface area contributed by atoms with Crippen molar-refractivity contribution in [2.24, 2.45) is 5.16 Å². The summed E-state index contributed by atoms with van der Waals surface area (Å²) in [4.78, 5) is 15.0. The van der Waals surface area contributed by atoms with E-state index in [1.54, 1.807) is 30.2 Å². The minimum atomic E-state index is -0.193. The molecule has 8 nitrogen and oxygen atoms in total. The summed E-state index contributed by atoms with van der Waals surface area (Å²) < 4.78 is 13.5. The molecule has 1 aliphatic heterocycles. The van der Waals surface area contributed by atoms with Gasteiger partial charge >= 0.3 is 0 Å². The minimum Gasteiger partial charge on any atom is -0.497 e. The SMILES string of the molecule is COc1ccc([C@@H]2c3ccc4ccccc4c3Oc3ncn4nc(CO/N=C\c5ccccc5Cl)nc4c32)cc1. The summed E-state index contributed by atoms with van der Waals surface area (Å²) in [5, 5.41) is 11.3. The van der Waals surface area contributed by atoms with Crippen LogP contribution in [0.15, 0.2) is 96.4 Å². The van der Waals surface area contributed by atoms with Crippen LogP contribution in [0.3, 0.4) is 0 Å². The van der Waals surface area contributed by atoms with E-state index in [0.717, 1.165) is 44.5 Å². The van der Waals surface area contributed by atoms with Gasteiger partial charge in [-0.15, -0.1) is 5.10 Å². The maximum Gasteiger partial charge on any atom is 0.228 e. The Morgan fingerprint density at radius 2 is 1.82 bits per heavy atom. The number of hydrogen-bond donors (Lipinski definition) is 0. The van der Waals surface area contributed by atoms with Crippen molar-refractivity contribution in [1.29, 1.82) is 0 Å². The molecular weight excluding hydrogens is 526 g/mol. The number of rotatable bonds is 6. The minimum absolute atomic E-state index is 0.0761. The lowest BCUT2D eigenvalue weighted by molar-refractivity contribution is 0.126. The van der Waals surface area contributed by atoms with Crippen molar-refractivity contribution in [3.63, 3.8) is 0 Å². The molecule has 0 amide bonds. The highest BCUT2D eigenvalue weighted by Gasteiger charge is 2.34. The zero-order valence-electron chi connectivity index (χ0n) is 21.4. The predicted octanol–water partition coefficient (Wildman–Crippen LogP) is 6.78. The number of halogens is 1. The molecule has 40 heavy (non-hydrogen) atoms. The second kappa shape index (κ2) is 9.98. The average Bonchev–Trinajstić information content (AvgIpc) is 3.42. The number of methoxy groups -OCH3 is 1. The van der Waals surface area contributed by atoms with E-state index in [2.05, 4.69) is 51.6 Å². The number of ether oxygens (including phenoxy) is 2. The number of oxime groups is 1. The summed E-state index contributed by atoms with van der Waals surface area (Å²) in [6.07, 6.45) is 3.18. The largest absolute Gasteiger partial charge is 0.497 e. The molecule has 0 radical (unpaired) electrons. The molecule has 6 aromatic rings. The van der Waals surface area contributed by atoms with E-state index in [-0.39, 0.29) is 12.5 Å². The fourth-order valence-corrected chi connectivity index (χ4v) is 5.25.